The van der Waals surface area contributed by atoms with E-state index in [-0.39, 0.29) is 13.2 Å². The van der Waals surface area contributed by atoms with Crippen LogP contribution in [-0.4, -0.2) is 29.5 Å². The van der Waals surface area contributed by atoms with Crippen LogP contribution < -0.4 is 0 Å². The maximum Gasteiger partial charge on any atom is 0.0827 e. The Labute approximate surface area is 46.2 Å². The van der Waals surface area contributed by atoms with Gasteiger partial charge in [0.25, 0.3) is 0 Å². The first-order valence-electron chi connectivity index (χ1n) is 2.11. The minimum Gasteiger partial charge on any atom is -0.394 e. The maximum atomic E-state index is 8.47. The van der Waals surface area contributed by atoms with Crippen LogP contribution in [0.5, 0.6) is 0 Å². The second kappa shape index (κ2) is 4.39. The highest BCUT2D eigenvalue weighted by Crippen LogP contribution is 1.80. The zero-order valence-electron chi connectivity index (χ0n) is 4.23. The first-order chi connectivity index (χ1) is 3.81. The molecule has 0 aromatic heterocycles. The second-order valence-corrected chi connectivity index (χ2v) is 1.25. The largest absolute Gasteiger partial charge is 0.394 e. The van der Waals surface area contributed by atoms with Crippen molar-refractivity contribution in [1.82, 2.24) is 0 Å². The molecule has 1 atom stereocenters. The normalized spacial score (nSPS) is 12.2. The van der Waals surface area contributed by atoms with Gasteiger partial charge in [-0.05, 0) is 5.53 Å². The van der Waals surface area contributed by atoms with Crippen molar-refractivity contribution in [2.45, 2.75) is 6.10 Å². The number of hydrogen-bond donors (Lipinski definition) is 2. The van der Waals surface area contributed by atoms with E-state index in [1.54, 1.807) is 0 Å². The summed E-state index contributed by atoms with van der Waals surface area (Å²) in [5, 5.41) is 19.6. The van der Waals surface area contributed by atoms with Gasteiger partial charge in [-0.25, -0.2) is 0 Å². The molecule has 2 N–H and O–H groups in total. The standard InChI is InChI=1S/C3H7N3O2/c4-6-5-1-3(8)2-7/h3,7-8H,1-2H2/t3-/m1/s1. The fourth-order valence-corrected chi connectivity index (χ4v) is 0.188. The van der Waals surface area contributed by atoms with E-state index >= 15 is 0 Å². The topological polar surface area (TPSA) is 89.2 Å². The molecule has 0 saturated heterocycles. The van der Waals surface area contributed by atoms with Gasteiger partial charge < -0.3 is 10.2 Å². The van der Waals surface area contributed by atoms with E-state index in [0.29, 0.717) is 0 Å². The van der Waals surface area contributed by atoms with E-state index in [2.05, 4.69) is 10.0 Å². The molecule has 0 amide bonds. The van der Waals surface area contributed by atoms with E-state index in [1.165, 1.54) is 0 Å². The van der Waals surface area contributed by atoms with E-state index in [4.69, 9.17) is 15.7 Å². The zero-order valence-corrected chi connectivity index (χ0v) is 4.23. The van der Waals surface area contributed by atoms with Crippen molar-refractivity contribution in [1.29, 1.82) is 0 Å². The van der Waals surface area contributed by atoms with Crippen molar-refractivity contribution in [2.75, 3.05) is 13.2 Å². The number of azide groups is 1. The molecule has 0 radical (unpaired) electrons. The van der Waals surface area contributed by atoms with Gasteiger partial charge in [-0.2, -0.15) is 0 Å². The van der Waals surface area contributed by atoms with E-state index in [1.807, 2.05) is 0 Å². The minimum atomic E-state index is -0.911. The van der Waals surface area contributed by atoms with Gasteiger partial charge in [-0.15, -0.1) is 0 Å². The lowest BCUT2D eigenvalue weighted by molar-refractivity contribution is 0.102. The fraction of sp³-hybridized carbons (Fsp3) is 1.00. The fourth-order valence-electron chi connectivity index (χ4n) is 0.188. The SMILES string of the molecule is [N-]=[N+]=NC[C@@H](O)CO. The van der Waals surface area contributed by atoms with Crippen LogP contribution >= 0.6 is 0 Å². The third-order valence-corrected chi connectivity index (χ3v) is 0.566. The van der Waals surface area contributed by atoms with Gasteiger partial charge >= 0.3 is 0 Å². The van der Waals surface area contributed by atoms with Crippen molar-refractivity contribution in [3.8, 4) is 0 Å². The van der Waals surface area contributed by atoms with Gasteiger partial charge in [0.15, 0.2) is 0 Å². The number of nitrogens with zero attached hydrogens (tertiary/aromatic N) is 3. The Hall–Kier alpha value is -0.770. The first kappa shape index (κ1) is 7.23. The van der Waals surface area contributed by atoms with Crippen molar-refractivity contribution < 1.29 is 10.2 Å². The summed E-state index contributed by atoms with van der Waals surface area (Å²) in [7, 11) is 0. The summed E-state index contributed by atoms with van der Waals surface area (Å²) in [6.07, 6.45) is -0.911. The molecule has 0 aromatic carbocycles. The molecular weight excluding hydrogens is 110 g/mol. The quantitative estimate of drug-likeness (QED) is 0.300. The smallest absolute Gasteiger partial charge is 0.0827 e. The highest BCUT2D eigenvalue weighted by atomic mass is 16.3. The van der Waals surface area contributed by atoms with Crippen LogP contribution in [0.15, 0.2) is 5.11 Å². The first-order valence-corrected chi connectivity index (χ1v) is 2.11. The molecule has 8 heavy (non-hydrogen) atoms. The van der Waals surface area contributed by atoms with Crippen molar-refractivity contribution in [3.05, 3.63) is 10.4 Å². The van der Waals surface area contributed by atoms with Gasteiger partial charge in [-0.1, -0.05) is 5.11 Å². The van der Waals surface area contributed by atoms with Crippen LogP contribution in [0, 0.1) is 0 Å². The Morgan fingerprint density at radius 3 is 2.75 bits per heavy atom. The average Bonchev–Trinajstić information content (AvgIpc) is 1.83. The second-order valence-electron chi connectivity index (χ2n) is 1.25. The van der Waals surface area contributed by atoms with Crippen LogP contribution in [0.1, 0.15) is 0 Å². The zero-order chi connectivity index (χ0) is 6.41. The molecule has 0 saturated carbocycles. The molecule has 5 heteroatoms. The lowest BCUT2D eigenvalue weighted by Gasteiger charge is -1.97. The predicted octanol–water partition coefficient (Wildman–Crippen LogP) is -0.350. The van der Waals surface area contributed by atoms with Crippen LogP contribution in [0.2, 0.25) is 0 Å². The highest BCUT2D eigenvalue weighted by molar-refractivity contribution is 4.55. The Bertz CT molecular complexity index is 98.7. The van der Waals surface area contributed by atoms with Gasteiger partial charge in [0, 0.05) is 4.91 Å². The Balaban J connectivity index is 3.23. The molecule has 0 spiro atoms. The van der Waals surface area contributed by atoms with E-state index < -0.39 is 6.10 Å². The van der Waals surface area contributed by atoms with Crippen molar-refractivity contribution in [2.24, 2.45) is 5.11 Å². The third-order valence-electron chi connectivity index (χ3n) is 0.566. The van der Waals surface area contributed by atoms with Crippen molar-refractivity contribution in [3.63, 3.8) is 0 Å². The summed E-state index contributed by atoms with van der Waals surface area (Å²) < 4.78 is 0. The summed E-state index contributed by atoms with van der Waals surface area (Å²) in [4.78, 5) is 2.38. The molecule has 0 bridgehead atoms. The van der Waals surface area contributed by atoms with E-state index in [0.717, 1.165) is 0 Å². The van der Waals surface area contributed by atoms with Crippen molar-refractivity contribution >= 4 is 0 Å². The minimum absolute atomic E-state index is 0.0625. The monoisotopic (exact) mass is 117 g/mol. The number of hydrogen-bond acceptors (Lipinski definition) is 3. The van der Waals surface area contributed by atoms with Gasteiger partial charge in [0.1, 0.15) is 0 Å². The maximum absolute atomic E-state index is 8.47. The summed E-state index contributed by atoms with van der Waals surface area (Å²) in [6.45, 7) is -0.425. The molecule has 0 heterocycles. The molecule has 0 aliphatic heterocycles. The molecule has 0 fully saturated rings. The summed E-state index contributed by atoms with van der Waals surface area (Å²) in [6, 6.07) is 0. The molecule has 0 rings (SSSR count). The van der Waals surface area contributed by atoms with Crippen LogP contribution in [0.3, 0.4) is 0 Å². The third kappa shape index (κ3) is 3.42. The highest BCUT2D eigenvalue weighted by Gasteiger charge is 1.95. The molecule has 5 nitrogen and oxygen atoms in total. The summed E-state index contributed by atoms with van der Waals surface area (Å²) in [5.41, 5.74) is 7.68. The van der Waals surface area contributed by atoms with Crippen LogP contribution in [0.25, 0.3) is 10.4 Å². The summed E-state index contributed by atoms with van der Waals surface area (Å²) in [5.74, 6) is 0. The predicted molar refractivity (Wildman–Crippen MR) is 27.1 cm³/mol. The Morgan fingerprint density at radius 2 is 2.38 bits per heavy atom. The van der Waals surface area contributed by atoms with Gasteiger partial charge in [0.05, 0.1) is 19.3 Å². The number of aliphatic hydroxyl groups is 2. The Morgan fingerprint density at radius 1 is 1.75 bits per heavy atom. The van der Waals surface area contributed by atoms with Gasteiger partial charge in [0.2, 0.25) is 0 Å². The molecule has 46 valence electrons. The van der Waals surface area contributed by atoms with E-state index in [9.17, 15) is 0 Å². The Kier molecular flexibility index (Phi) is 3.97. The summed E-state index contributed by atoms with van der Waals surface area (Å²) >= 11 is 0. The lowest BCUT2D eigenvalue weighted by atomic mass is 10.4. The lowest BCUT2D eigenvalue weighted by Crippen LogP contribution is -2.14. The van der Waals surface area contributed by atoms with Gasteiger partial charge in [-0.3, -0.25) is 0 Å². The molecule has 0 aliphatic carbocycles. The number of aliphatic hydroxyl groups excluding tert-OH is 2. The molecular formula is C3H7N3O2. The molecule has 0 unspecified atom stereocenters. The average molecular weight is 117 g/mol. The van der Waals surface area contributed by atoms with Crippen LogP contribution in [0.4, 0.5) is 0 Å². The molecule has 0 aliphatic rings. The number of rotatable bonds is 3. The van der Waals surface area contributed by atoms with Crippen LogP contribution in [-0.2, 0) is 0 Å². The molecule has 0 aromatic rings.